The number of imidazole rings is 1. The number of hydrogen-bond donors (Lipinski definition) is 2. The summed E-state index contributed by atoms with van der Waals surface area (Å²) in [5.74, 6) is 0.569. The number of thioether (sulfide) groups is 1. The van der Waals surface area contributed by atoms with Gasteiger partial charge in [-0.2, -0.15) is 0 Å². The first-order valence-electron chi connectivity index (χ1n) is 10.4. The molecule has 1 aliphatic rings. The summed E-state index contributed by atoms with van der Waals surface area (Å²) in [6.45, 7) is 1.24. The second-order valence-electron chi connectivity index (χ2n) is 7.43. The molecule has 1 aromatic heterocycles. The maximum Gasteiger partial charge on any atom is 0.249 e. The molecule has 1 aliphatic heterocycles. The predicted molar refractivity (Wildman–Crippen MR) is 122 cm³/mol. The van der Waals surface area contributed by atoms with E-state index >= 15 is 0 Å². The zero-order valence-corrected chi connectivity index (χ0v) is 18.3. The molecule has 0 saturated carbocycles. The van der Waals surface area contributed by atoms with E-state index in [2.05, 4.69) is 10.6 Å². The lowest BCUT2D eigenvalue weighted by Crippen LogP contribution is -2.35. The fourth-order valence-electron chi connectivity index (χ4n) is 3.73. The van der Waals surface area contributed by atoms with Crippen LogP contribution in [0.15, 0.2) is 53.4 Å². The molecule has 0 bridgehead atoms. The average molecular weight is 439 g/mol. The van der Waals surface area contributed by atoms with Gasteiger partial charge in [0.05, 0.1) is 11.0 Å². The van der Waals surface area contributed by atoms with E-state index < -0.39 is 0 Å². The Morgan fingerprint density at radius 2 is 2.10 bits per heavy atom. The number of anilines is 1. The Labute approximate surface area is 185 Å². The summed E-state index contributed by atoms with van der Waals surface area (Å²) in [7, 11) is 0. The van der Waals surface area contributed by atoms with Gasteiger partial charge in [-0.3, -0.25) is 9.59 Å². The summed E-state index contributed by atoms with van der Waals surface area (Å²) in [6, 6.07) is 15.5. The van der Waals surface area contributed by atoms with Crippen LogP contribution in [-0.2, 0) is 27.3 Å². The monoisotopic (exact) mass is 438 g/mol. The van der Waals surface area contributed by atoms with Crippen molar-refractivity contribution < 1.29 is 14.3 Å². The number of para-hydroxylation sites is 2. The van der Waals surface area contributed by atoms with Crippen molar-refractivity contribution >= 4 is 40.3 Å². The molecule has 31 heavy (non-hydrogen) atoms. The molecule has 4 rings (SSSR count). The van der Waals surface area contributed by atoms with Crippen LogP contribution in [0, 0.1) is 0 Å². The molecule has 2 aromatic carbocycles. The topological polar surface area (TPSA) is 85.2 Å². The van der Waals surface area contributed by atoms with Crippen molar-refractivity contribution in [3.8, 4) is 0 Å². The number of fused-ring (bicyclic) bond motifs is 1. The van der Waals surface area contributed by atoms with Gasteiger partial charge in [0.25, 0.3) is 0 Å². The van der Waals surface area contributed by atoms with Crippen molar-refractivity contribution in [1.29, 1.82) is 0 Å². The van der Waals surface area contributed by atoms with E-state index in [0.29, 0.717) is 19.6 Å². The third-order valence-electron chi connectivity index (χ3n) is 5.26. The number of carbonyl (C=O) groups excluding carboxylic acids is 2. The summed E-state index contributed by atoms with van der Waals surface area (Å²) in [4.78, 5) is 30.8. The highest BCUT2D eigenvalue weighted by Crippen LogP contribution is 2.20. The highest BCUT2D eigenvalue weighted by atomic mass is 32.2. The molecule has 1 unspecified atom stereocenters. The van der Waals surface area contributed by atoms with E-state index in [1.165, 1.54) is 0 Å². The smallest absolute Gasteiger partial charge is 0.249 e. The van der Waals surface area contributed by atoms with Gasteiger partial charge in [0, 0.05) is 30.2 Å². The number of amides is 2. The van der Waals surface area contributed by atoms with Crippen LogP contribution in [0.2, 0.25) is 0 Å². The fourth-order valence-corrected chi connectivity index (χ4v) is 4.19. The Bertz CT molecular complexity index is 1080. The molecule has 2 heterocycles. The van der Waals surface area contributed by atoms with Crippen LogP contribution in [0.3, 0.4) is 0 Å². The number of benzene rings is 2. The fraction of sp³-hybridized carbons (Fsp3) is 0.348. The number of nitrogens with zero attached hydrogens (tertiary/aromatic N) is 2. The van der Waals surface area contributed by atoms with E-state index in [9.17, 15) is 9.59 Å². The molecule has 1 atom stereocenters. The van der Waals surface area contributed by atoms with Crippen molar-refractivity contribution in [2.24, 2.45) is 0 Å². The molecule has 0 aliphatic carbocycles. The minimum Gasteiger partial charge on any atom is -0.368 e. The maximum atomic E-state index is 12.8. The van der Waals surface area contributed by atoms with Gasteiger partial charge in [-0.25, -0.2) is 4.98 Å². The Balaban J connectivity index is 1.45. The standard InChI is InChI=1S/C23H26N4O3S/c1-31-17-7-4-6-16(14-17)25-22(28)15-27-19-9-3-2-8-18(19)26-21(27)11-12-24-23(29)20-10-5-13-30-20/h2-4,6-9,14,20H,5,10-13,15H2,1H3,(H,24,29)(H,25,28). The summed E-state index contributed by atoms with van der Waals surface area (Å²) >= 11 is 1.63. The number of rotatable bonds is 8. The second kappa shape index (κ2) is 9.98. The second-order valence-corrected chi connectivity index (χ2v) is 8.31. The number of ether oxygens (including phenoxy) is 1. The zero-order valence-electron chi connectivity index (χ0n) is 17.5. The van der Waals surface area contributed by atoms with Crippen molar-refractivity contribution in [2.45, 2.75) is 36.8 Å². The van der Waals surface area contributed by atoms with Crippen LogP contribution < -0.4 is 10.6 Å². The van der Waals surface area contributed by atoms with E-state index in [1.807, 2.05) is 59.4 Å². The van der Waals surface area contributed by atoms with E-state index in [1.54, 1.807) is 11.8 Å². The maximum absolute atomic E-state index is 12.8. The molecule has 7 nitrogen and oxygen atoms in total. The zero-order chi connectivity index (χ0) is 21.6. The van der Waals surface area contributed by atoms with Crippen molar-refractivity contribution in [1.82, 2.24) is 14.9 Å². The molecule has 1 saturated heterocycles. The quantitative estimate of drug-likeness (QED) is 0.528. The van der Waals surface area contributed by atoms with Crippen LogP contribution in [-0.4, -0.2) is 46.9 Å². The number of hydrogen-bond acceptors (Lipinski definition) is 5. The van der Waals surface area contributed by atoms with Crippen LogP contribution in [0.25, 0.3) is 11.0 Å². The normalized spacial score (nSPS) is 15.8. The summed E-state index contributed by atoms with van der Waals surface area (Å²) < 4.78 is 7.35. The molecule has 2 amide bonds. The van der Waals surface area contributed by atoms with Crippen molar-refractivity contribution in [2.75, 3.05) is 24.7 Å². The van der Waals surface area contributed by atoms with Gasteiger partial charge in [0.1, 0.15) is 18.5 Å². The third-order valence-corrected chi connectivity index (χ3v) is 5.98. The minimum atomic E-state index is -0.346. The van der Waals surface area contributed by atoms with Gasteiger partial charge in [0.2, 0.25) is 11.8 Å². The lowest BCUT2D eigenvalue weighted by atomic mass is 10.2. The average Bonchev–Trinajstić information content (AvgIpc) is 3.43. The first-order valence-corrected chi connectivity index (χ1v) is 11.6. The molecule has 3 aromatic rings. The van der Waals surface area contributed by atoms with Gasteiger partial charge < -0.3 is 19.9 Å². The lowest BCUT2D eigenvalue weighted by molar-refractivity contribution is -0.130. The minimum absolute atomic E-state index is 0.0772. The molecule has 8 heteroatoms. The Kier molecular flexibility index (Phi) is 6.89. The first-order chi connectivity index (χ1) is 15.1. The van der Waals surface area contributed by atoms with Crippen LogP contribution in [0.1, 0.15) is 18.7 Å². The van der Waals surface area contributed by atoms with Gasteiger partial charge in [-0.15, -0.1) is 11.8 Å². The Morgan fingerprint density at radius 1 is 1.23 bits per heavy atom. The number of aromatic nitrogens is 2. The van der Waals surface area contributed by atoms with Crippen LogP contribution >= 0.6 is 11.8 Å². The summed E-state index contributed by atoms with van der Waals surface area (Å²) in [5.41, 5.74) is 2.50. The number of nitrogens with one attached hydrogen (secondary N) is 2. The molecule has 162 valence electrons. The molecule has 2 N–H and O–H groups in total. The summed E-state index contributed by atoms with van der Waals surface area (Å²) in [5, 5.41) is 5.90. The molecule has 0 radical (unpaired) electrons. The van der Waals surface area contributed by atoms with E-state index in [4.69, 9.17) is 9.72 Å². The SMILES string of the molecule is CSc1cccc(NC(=O)Cn2c(CCNC(=O)C3CCCO3)nc3ccccc32)c1. The molecular formula is C23H26N4O3S. The van der Waals surface area contributed by atoms with Crippen molar-refractivity contribution in [3.05, 3.63) is 54.4 Å². The number of carbonyl (C=O) groups is 2. The van der Waals surface area contributed by atoms with E-state index in [0.717, 1.165) is 40.3 Å². The largest absolute Gasteiger partial charge is 0.368 e. The van der Waals surface area contributed by atoms with Gasteiger partial charge in [0.15, 0.2) is 0 Å². The first kappa shape index (κ1) is 21.4. The highest BCUT2D eigenvalue weighted by molar-refractivity contribution is 7.98. The molecule has 0 spiro atoms. The van der Waals surface area contributed by atoms with Crippen LogP contribution in [0.4, 0.5) is 5.69 Å². The lowest BCUT2D eigenvalue weighted by Gasteiger charge is -2.12. The Hall–Kier alpha value is -2.84. The van der Waals surface area contributed by atoms with E-state index in [-0.39, 0.29) is 24.5 Å². The van der Waals surface area contributed by atoms with Gasteiger partial charge in [-0.05, 0) is 49.4 Å². The van der Waals surface area contributed by atoms with Gasteiger partial charge in [-0.1, -0.05) is 18.2 Å². The molecule has 1 fully saturated rings. The summed E-state index contributed by atoms with van der Waals surface area (Å²) in [6.07, 6.45) is 3.87. The van der Waals surface area contributed by atoms with Crippen LogP contribution in [0.5, 0.6) is 0 Å². The highest BCUT2D eigenvalue weighted by Gasteiger charge is 2.23. The molecular weight excluding hydrogens is 412 g/mol. The van der Waals surface area contributed by atoms with Gasteiger partial charge >= 0.3 is 0 Å². The third kappa shape index (κ3) is 5.26. The Morgan fingerprint density at radius 3 is 2.90 bits per heavy atom. The predicted octanol–water partition coefficient (Wildman–Crippen LogP) is 3.23. The van der Waals surface area contributed by atoms with Crippen molar-refractivity contribution in [3.63, 3.8) is 0 Å².